The second-order valence-electron chi connectivity index (χ2n) is 4.16. The van der Waals surface area contributed by atoms with Gasteiger partial charge in [-0.05, 0) is 19.8 Å². The number of carbonyl (C=O) groups is 1. The minimum absolute atomic E-state index is 0.0614. The topological polar surface area (TPSA) is 68.0 Å². The zero-order chi connectivity index (χ0) is 11.7. The van der Waals surface area contributed by atoms with Gasteiger partial charge in [0.05, 0.1) is 5.92 Å². The van der Waals surface area contributed by atoms with Crippen molar-refractivity contribution >= 4 is 5.97 Å². The number of nitrogens with zero attached hydrogens (tertiary/aromatic N) is 3. The number of rotatable bonds is 2. The fourth-order valence-corrected chi connectivity index (χ4v) is 2.12. The molecule has 1 heterocycles. The molecule has 0 fully saturated rings. The number of hydrogen-bond donors (Lipinski definition) is 1. The molecule has 0 bridgehead atoms. The standard InChI is InChI=1S/C11H15N3O2/c1-7-12-13-10(14(7)2)8-5-3-4-6-9(8)11(15)16/h3-4,8-9H,5-6H2,1-2H3,(H,15,16)/t8-,9+/m1/s1. The predicted octanol–water partition coefficient (Wildman–Crippen LogP) is 1.26. The Bertz CT molecular complexity index is 436. The molecule has 5 heteroatoms. The van der Waals surface area contributed by atoms with Crippen LogP contribution in [0.2, 0.25) is 0 Å². The lowest BCUT2D eigenvalue weighted by molar-refractivity contribution is -0.142. The summed E-state index contributed by atoms with van der Waals surface area (Å²) < 4.78 is 1.87. The Hall–Kier alpha value is -1.65. The molecule has 5 nitrogen and oxygen atoms in total. The fourth-order valence-electron chi connectivity index (χ4n) is 2.12. The van der Waals surface area contributed by atoms with Crippen molar-refractivity contribution in [1.29, 1.82) is 0 Å². The number of aliphatic carboxylic acids is 1. The average Bonchev–Trinajstić information content (AvgIpc) is 2.60. The summed E-state index contributed by atoms with van der Waals surface area (Å²) >= 11 is 0. The third-order valence-electron chi connectivity index (χ3n) is 3.21. The summed E-state index contributed by atoms with van der Waals surface area (Å²) in [7, 11) is 1.88. The Labute approximate surface area is 93.8 Å². The smallest absolute Gasteiger partial charge is 0.307 e. The Morgan fingerprint density at radius 1 is 1.44 bits per heavy atom. The lowest BCUT2D eigenvalue weighted by Crippen LogP contribution is -2.25. The van der Waals surface area contributed by atoms with E-state index in [2.05, 4.69) is 10.2 Å². The van der Waals surface area contributed by atoms with Crippen LogP contribution in [0, 0.1) is 12.8 Å². The largest absolute Gasteiger partial charge is 0.481 e. The molecule has 0 radical (unpaired) electrons. The van der Waals surface area contributed by atoms with Crippen molar-refractivity contribution < 1.29 is 9.90 Å². The van der Waals surface area contributed by atoms with E-state index in [4.69, 9.17) is 0 Å². The molecule has 0 unspecified atom stereocenters. The van der Waals surface area contributed by atoms with Crippen molar-refractivity contribution in [3.63, 3.8) is 0 Å². The Morgan fingerprint density at radius 2 is 2.12 bits per heavy atom. The van der Waals surface area contributed by atoms with Crippen LogP contribution in [0.4, 0.5) is 0 Å². The predicted molar refractivity (Wildman–Crippen MR) is 58.0 cm³/mol. The van der Waals surface area contributed by atoms with Crippen molar-refractivity contribution in [3.05, 3.63) is 23.8 Å². The van der Waals surface area contributed by atoms with E-state index in [9.17, 15) is 9.90 Å². The molecule has 0 spiro atoms. The van der Waals surface area contributed by atoms with Crippen molar-refractivity contribution in [2.24, 2.45) is 13.0 Å². The summed E-state index contributed by atoms with van der Waals surface area (Å²) in [6.07, 6.45) is 5.25. The van der Waals surface area contributed by atoms with Gasteiger partial charge in [-0.2, -0.15) is 0 Å². The van der Waals surface area contributed by atoms with Crippen LogP contribution in [0.5, 0.6) is 0 Å². The van der Waals surface area contributed by atoms with Gasteiger partial charge >= 0.3 is 5.97 Å². The molecule has 0 saturated carbocycles. The number of carboxylic acids is 1. The molecule has 2 atom stereocenters. The van der Waals surface area contributed by atoms with Gasteiger partial charge < -0.3 is 9.67 Å². The van der Waals surface area contributed by atoms with Gasteiger partial charge in [0.1, 0.15) is 11.6 Å². The van der Waals surface area contributed by atoms with Gasteiger partial charge in [0.15, 0.2) is 0 Å². The first-order valence-corrected chi connectivity index (χ1v) is 5.35. The molecule has 1 aromatic heterocycles. The molecule has 86 valence electrons. The van der Waals surface area contributed by atoms with Gasteiger partial charge in [-0.25, -0.2) is 0 Å². The van der Waals surface area contributed by atoms with Crippen LogP contribution in [-0.2, 0) is 11.8 Å². The zero-order valence-electron chi connectivity index (χ0n) is 9.42. The van der Waals surface area contributed by atoms with Gasteiger partial charge in [0.25, 0.3) is 0 Å². The lowest BCUT2D eigenvalue weighted by Gasteiger charge is -2.24. The maximum absolute atomic E-state index is 11.2. The molecule has 0 aromatic carbocycles. The molecule has 16 heavy (non-hydrogen) atoms. The van der Waals surface area contributed by atoms with Gasteiger partial charge in [0.2, 0.25) is 0 Å². The Balaban J connectivity index is 2.34. The molecule has 0 amide bonds. The van der Waals surface area contributed by atoms with Crippen LogP contribution in [-0.4, -0.2) is 25.8 Å². The second kappa shape index (κ2) is 4.08. The van der Waals surface area contributed by atoms with Crippen LogP contribution in [0.3, 0.4) is 0 Å². The third-order valence-corrected chi connectivity index (χ3v) is 3.21. The first-order valence-electron chi connectivity index (χ1n) is 5.35. The van der Waals surface area contributed by atoms with Gasteiger partial charge in [-0.3, -0.25) is 4.79 Å². The quantitative estimate of drug-likeness (QED) is 0.763. The number of carboxylic acid groups (broad SMARTS) is 1. The SMILES string of the molecule is Cc1nnc([C@@H]2CC=CC[C@@H]2C(=O)O)n1C. The fraction of sp³-hybridized carbons (Fsp3) is 0.545. The summed E-state index contributed by atoms with van der Waals surface area (Å²) in [6, 6.07) is 0. The minimum atomic E-state index is -0.755. The van der Waals surface area contributed by atoms with E-state index in [-0.39, 0.29) is 11.8 Å². The van der Waals surface area contributed by atoms with Gasteiger partial charge in [0, 0.05) is 13.0 Å². The van der Waals surface area contributed by atoms with Crippen LogP contribution >= 0.6 is 0 Å². The van der Waals surface area contributed by atoms with Crippen molar-refractivity contribution in [2.75, 3.05) is 0 Å². The number of aryl methyl sites for hydroxylation is 1. The zero-order valence-corrected chi connectivity index (χ0v) is 9.42. The summed E-state index contributed by atoms with van der Waals surface area (Å²) in [5, 5.41) is 17.2. The minimum Gasteiger partial charge on any atom is -0.481 e. The number of hydrogen-bond acceptors (Lipinski definition) is 3. The summed E-state index contributed by atoms with van der Waals surface area (Å²) in [5.74, 6) is 0.388. The summed E-state index contributed by atoms with van der Waals surface area (Å²) in [4.78, 5) is 11.2. The van der Waals surface area contributed by atoms with Crippen molar-refractivity contribution in [2.45, 2.75) is 25.7 Å². The molecule has 0 saturated heterocycles. The normalized spacial score (nSPS) is 24.6. The molecule has 1 N–H and O–H groups in total. The van der Waals surface area contributed by atoms with Crippen LogP contribution in [0.25, 0.3) is 0 Å². The van der Waals surface area contributed by atoms with E-state index in [0.717, 1.165) is 18.1 Å². The van der Waals surface area contributed by atoms with E-state index in [1.54, 1.807) is 0 Å². The maximum atomic E-state index is 11.2. The molecule has 1 aliphatic rings. The van der Waals surface area contributed by atoms with Crippen LogP contribution < -0.4 is 0 Å². The van der Waals surface area contributed by atoms with Crippen molar-refractivity contribution in [1.82, 2.24) is 14.8 Å². The van der Waals surface area contributed by atoms with E-state index in [0.29, 0.717) is 6.42 Å². The Morgan fingerprint density at radius 3 is 2.69 bits per heavy atom. The lowest BCUT2D eigenvalue weighted by atomic mass is 9.82. The monoisotopic (exact) mass is 221 g/mol. The van der Waals surface area contributed by atoms with Crippen LogP contribution in [0.1, 0.15) is 30.4 Å². The first-order chi connectivity index (χ1) is 7.61. The summed E-state index contributed by atoms with van der Waals surface area (Å²) in [6.45, 7) is 1.87. The highest BCUT2D eigenvalue weighted by molar-refractivity contribution is 5.71. The van der Waals surface area contributed by atoms with Gasteiger partial charge in [-0.15, -0.1) is 10.2 Å². The summed E-state index contributed by atoms with van der Waals surface area (Å²) in [5.41, 5.74) is 0. The van der Waals surface area contributed by atoms with E-state index < -0.39 is 5.97 Å². The highest BCUT2D eigenvalue weighted by Gasteiger charge is 2.33. The maximum Gasteiger partial charge on any atom is 0.307 e. The van der Waals surface area contributed by atoms with Crippen molar-refractivity contribution in [3.8, 4) is 0 Å². The third kappa shape index (κ3) is 1.73. The van der Waals surface area contributed by atoms with Gasteiger partial charge in [-0.1, -0.05) is 12.2 Å². The average molecular weight is 221 g/mol. The first kappa shape index (κ1) is 10.9. The second-order valence-corrected chi connectivity index (χ2v) is 4.16. The number of aromatic nitrogens is 3. The molecule has 1 aromatic rings. The molecular weight excluding hydrogens is 206 g/mol. The molecule has 0 aliphatic heterocycles. The molecule has 1 aliphatic carbocycles. The highest BCUT2D eigenvalue weighted by Crippen LogP contribution is 2.33. The van der Waals surface area contributed by atoms with E-state index in [1.807, 2.05) is 30.7 Å². The Kier molecular flexibility index (Phi) is 2.77. The molecular formula is C11H15N3O2. The molecule has 2 rings (SSSR count). The number of allylic oxidation sites excluding steroid dienone is 2. The van der Waals surface area contributed by atoms with E-state index >= 15 is 0 Å². The highest BCUT2D eigenvalue weighted by atomic mass is 16.4. The van der Waals surface area contributed by atoms with E-state index in [1.165, 1.54) is 0 Å². The van der Waals surface area contributed by atoms with Crippen LogP contribution in [0.15, 0.2) is 12.2 Å².